The molecule has 0 bridgehead atoms. The quantitative estimate of drug-likeness (QED) is 0.817. The van der Waals surface area contributed by atoms with E-state index in [4.69, 9.17) is 15.2 Å². The number of aliphatic imine (C=N–C) groups is 1. The van der Waals surface area contributed by atoms with Gasteiger partial charge in [-0.3, -0.25) is 4.79 Å². The third-order valence-corrected chi connectivity index (χ3v) is 5.34. The van der Waals surface area contributed by atoms with Gasteiger partial charge in [0, 0.05) is 30.6 Å². The lowest BCUT2D eigenvalue weighted by Gasteiger charge is -2.21. The number of methoxy groups -OCH3 is 1. The molecule has 2 unspecified atom stereocenters. The Labute approximate surface area is 170 Å². The molecule has 1 aromatic heterocycles. The maximum absolute atomic E-state index is 13.1. The Bertz CT molecular complexity index is 1000. The Morgan fingerprint density at radius 2 is 2.00 bits per heavy atom. The maximum Gasteiger partial charge on any atom is 0.433 e. The number of carbonyl (C=O) groups is 1. The summed E-state index contributed by atoms with van der Waals surface area (Å²) >= 11 is 0. The molecule has 2 aliphatic heterocycles. The smallest absolute Gasteiger partial charge is 0.433 e. The van der Waals surface area contributed by atoms with Crippen LogP contribution in [0.3, 0.4) is 0 Å². The zero-order valence-corrected chi connectivity index (χ0v) is 16.3. The van der Waals surface area contributed by atoms with Crippen LogP contribution in [0.15, 0.2) is 29.3 Å². The van der Waals surface area contributed by atoms with E-state index in [2.05, 4.69) is 9.98 Å². The summed E-state index contributed by atoms with van der Waals surface area (Å²) in [5, 5.41) is 0.381. The second kappa shape index (κ2) is 7.75. The van der Waals surface area contributed by atoms with Crippen molar-refractivity contribution in [3.63, 3.8) is 0 Å². The van der Waals surface area contributed by atoms with Crippen molar-refractivity contribution in [1.82, 2.24) is 9.88 Å². The van der Waals surface area contributed by atoms with E-state index in [0.29, 0.717) is 24.0 Å². The van der Waals surface area contributed by atoms with Crippen LogP contribution in [-0.4, -0.2) is 60.6 Å². The van der Waals surface area contributed by atoms with Gasteiger partial charge in [-0.15, -0.1) is 0 Å². The SMILES string of the molecule is COc1ccc(C2=NC(C(=O)N3CCCC3)C(CN)O2)c2ccc(C(F)(F)F)nc12. The lowest BCUT2D eigenvalue weighted by atomic mass is 10.1. The summed E-state index contributed by atoms with van der Waals surface area (Å²) in [6.45, 7) is 1.43. The summed E-state index contributed by atoms with van der Waals surface area (Å²) in [7, 11) is 1.36. The first-order chi connectivity index (χ1) is 14.3. The minimum atomic E-state index is -4.59. The van der Waals surface area contributed by atoms with Crippen molar-refractivity contribution in [3.8, 4) is 5.75 Å². The summed E-state index contributed by atoms with van der Waals surface area (Å²) in [5.41, 5.74) is 5.24. The minimum Gasteiger partial charge on any atom is -0.494 e. The number of benzene rings is 1. The zero-order valence-electron chi connectivity index (χ0n) is 16.3. The van der Waals surface area contributed by atoms with E-state index in [0.717, 1.165) is 18.9 Å². The van der Waals surface area contributed by atoms with Gasteiger partial charge in [0.25, 0.3) is 5.91 Å². The van der Waals surface area contributed by atoms with Crippen LogP contribution in [-0.2, 0) is 15.7 Å². The average molecular weight is 422 g/mol. The molecule has 1 fully saturated rings. The van der Waals surface area contributed by atoms with Crippen molar-refractivity contribution < 1.29 is 27.4 Å². The highest BCUT2D eigenvalue weighted by Crippen LogP contribution is 2.34. The molecule has 1 aromatic carbocycles. The number of hydrogen-bond acceptors (Lipinski definition) is 6. The maximum atomic E-state index is 13.1. The Hall–Kier alpha value is -2.88. The number of nitrogens with zero attached hydrogens (tertiary/aromatic N) is 3. The number of amides is 1. The van der Waals surface area contributed by atoms with Crippen molar-refractivity contribution in [3.05, 3.63) is 35.5 Å². The fourth-order valence-corrected chi connectivity index (χ4v) is 3.80. The van der Waals surface area contributed by atoms with E-state index in [-0.39, 0.29) is 29.6 Å². The fourth-order valence-electron chi connectivity index (χ4n) is 3.80. The van der Waals surface area contributed by atoms with Gasteiger partial charge in [0.1, 0.15) is 23.1 Å². The number of hydrogen-bond donors (Lipinski definition) is 1. The van der Waals surface area contributed by atoms with Gasteiger partial charge in [-0.1, -0.05) is 0 Å². The number of likely N-dealkylation sites (tertiary alicyclic amines) is 1. The summed E-state index contributed by atoms with van der Waals surface area (Å²) in [6.07, 6.45) is -3.33. The fraction of sp³-hybridized carbons (Fsp3) is 0.450. The standard InChI is InChI=1S/C20H21F3N4O3/c1-29-13-6-4-12(11-5-7-15(20(21,22)23)25-16(11)13)18-26-17(14(10-24)30-18)19(28)27-8-2-3-9-27/h4-7,14,17H,2-3,8-10,24H2,1H3. The van der Waals surface area contributed by atoms with E-state index in [9.17, 15) is 18.0 Å². The second-order valence-electron chi connectivity index (χ2n) is 7.21. The van der Waals surface area contributed by atoms with Crippen LogP contribution in [0.2, 0.25) is 0 Å². The molecule has 0 radical (unpaired) electrons. The number of halogens is 3. The minimum absolute atomic E-state index is 0.0368. The van der Waals surface area contributed by atoms with Crippen molar-refractivity contribution in [2.24, 2.45) is 10.7 Å². The monoisotopic (exact) mass is 422 g/mol. The molecular formula is C20H21F3N4O3. The Kier molecular flexibility index (Phi) is 5.27. The van der Waals surface area contributed by atoms with Gasteiger partial charge in [0.2, 0.25) is 5.90 Å². The average Bonchev–Trinajstić information content (AvgIpc) is 3.41. The Morgan fingerprint density at radius 3 is 2.63 bits per heavy atom. The molecule has 3 heterocycles. The number of nitrogens with two attached hydrogens (primary N) is 1. The van der Waals surface area contributed by atoms with E-state index >= 15 is 0 Å². The van der Waals surface area contributed by atoms with Crippen LogP contribution in [0.25, 0.3) is 10.9 Å². The lowest BCUT2D eigenvalue weighted by Crippen LogP contribution is -2.44. The molecule has 0 saturated carbocycles. The van der Waals surface area contributed by atoms with Crippen LogP contribution >= 0.6 is 0 Å². The van der Waals surface area contributed by atoms with E-state index in [1.54, 1.807) is 11.0 Å². The summed E-state index contributed by atoms with van der Waals surface area (Å²) in [6, 6.07) is 4.56. The normalized spacial score (nSPS) is 21.6. The van der Waals surface area contributed by atoms with Gasteiger partial charge in [-0.05, 0) is 37.1 Å². The molecule has 4 rings (SSSR count). The molecule has 0 aliphatic carbocycles. The molecular weight excluding hydrogens is 401 g/mol. The van der Waals surface area contributed by atoms with Crippen LogP contribution in [0.4, 0.5) is 13.2 Å². The predicted octanol–water partition coefficient (Wildman–Crippen LogP) is 2.36. The molecule has 0 spiro atoms. The van der Waals surface area contributed by atoms with Gasteiger partial charge in [0.05, 0.1) is 7.11 Å². The summed E-state index contributed by atoms with van der Waals surface area (Å²) in [5.74, 6) is 0.212. The number of alkyl halides is 3. The van der Waals surface area contributed by atoms with Gasteiger partial charge in [0.15, 0.2) is 6.04 Å². The highest BCUT2D eigenvalue weighted by atomic mass is 19.4. The first kappa shape index (κ1) is 20.4. The zero-order chi connectivity index (χ0) is 21.5. The Morgan fingerprint density at radius 1 is 1.27 bits per heavy atom. The molecule has 2 aliphatic rings. The van der Waals surface area contributed by atoms with Crippen molar-refractivity contribution in [2.75, 3.05) is 26.7 Å². The molecule has 2 aromatic rings. The third kappa shape index (κ3) is 3.55. The van der Waals surface area contributed by atoms with E-state index < -0.39 is 24.0 Å². The number of pyridine rings is 1. The Balaban J connectivity index is 1.76. The third-order valence-electron chi connectivity index (χ3n) is 5.34. The lowest BCUT2D eigenvalue weighted by molar-refractivity contribution is -0.141. The topological polar surface area (TPSA) is 90.0 Å². The number of carbonyl (C=O) groups excluding carboxylic acids is 1. The van der Waals surface area contributed by atoms with Gasteiger partial charge in [-0.2, -0.15) is 13.2 Å². The van der Waals surface area contributed by atoms with Crippen LogP contribution in [0, 0.1) is 0 Å². The number of fused-ring (bicyclic) bond motifs is 1. The van der Waals surface area contributed by atoms with E-state index in [1.165, 1.54) is 19.2 Å². The molecule has 7 nitrogen and oxygen atoms in total. The number of rotatable bonds is 4. The second-order valence-corrected chi connectivity index (χ2v) is 7.21. The summed E-state index contributed by atoms with van der Waals surface area (Å²) < 4.78 is 50.4. The van der Waals surface area contributed by atoms with Crippen molar-refractivity contribution >= 4 is 22.7 Å². The largest absolute Gasteiger partial charge is 0.494 e. The molecule has 2 N–H and O–H groups in total. The molecule has 2 atom stereocenters. The molecule has 1 saturated heterocycles. The van der Waals surface area contributed by atoms with Crippen molar-refractivity contribution in [2.45, 2.75) is 31.2 Å². The van der Waals surface area contributed by atoms with Crippen LogP contribution < -0.4 is 10.5 Å². The molecule has 30 heavy (non-hydrogen) atoms. The highest BCUT2D eigenvalue weighted by molar-refractivity contribution is 6.09. The van der Waals surface area contributed by atoms with Crippen LogP contribution in [0.1, 0.15) is 24.1 Å². The highest BCUT2D eigenvalue weighted by Gasteiger charge is 2.39. The van der Waals surface area contributed by atoms with Gasteiger partial charge in [-0.25, -0.2) is 9.98 Å². The first-order valence-electron chi connectivity index (χ1n) is 9.62. The number of aromatic nitrogens is 1. The van der Waals surface area contributed by atoms with Crippen LogP contribution in [0.5, 0.6) is 5.75 Å². The molecule has 1 amide bonds. The van der Waals surface area contributed by atoms with Crippen molar-refractivity contribution in [1.29, 1.82) is 0 Å². The molecule has 10 heteroatoms. The number of ether oxygens (including phenoxy) is 2. The summed E-state index contributed by atoms with van der Waals surface area (Å²) in [4.78, 5) is 22.8. The van der Waals surface area contributed by atoms with E-state index in [1.807, 2.05) is 0 Å². The first-order valence-corrected chi connectivity index (χ1v) is 9.62. The van der Waals surface area contributed by atoms with Gasteiger partial charge >= 0.3 is 6.18 Å². The predicted molar refractivity (Wildman–Crippen MR) is 103 cm³/mol. The molecule has 160 valence electrons. The van der Waals surface area contributed by atoms with Gasteiger partial charge < -0.3 is 20.1 Å².